The van der Waals surface area contributed by atoms with Crippen molar-refractivity contribution < 1.29 is 4.52 Å². The molecular weight excluding hydrogens is 348 g/mol. The van der Waals surface area contributed by atoms with Gasteiger partial charge in [-0.25, -0.2) is 4.98 Å². The Balaban J connectivity index is 1.49. The Hall–Kier alpha value is -1.93. The molecule has 0 bridgehead atoms. The van der Waals surface area contributed by atoms with Gasteiger partial charge in [-0.1, -0.05) is 12.1 Å². The van der Waals surface area contributed by atoms with Gasteiger partial charge in [0.1, 0.15) is 6.26 Å². The minimum absolute atomic E-state index is 0.772. The third-order valence-electron chi connectivity index (χ3n) is 4.41. The number of piperazine rings is 1. The zero-order chi connectivity index (χ0) is 18.2. The van der Waals surface area contributed by atoms with Crippen LogP contribution >= 0.6 is 11.3 Å². The Kier molecular flexibility index (Phi) is 7.02. The molecule has 0 aromatic carbocycles. The number of nitrogens with zero attached hydrogens (tertiary/aromatic N) is 5. The minimum atomic E-state index is 0.772. The third-order valence-corrected chi connectivity index (χ3v) is 5.46. The molecule has 0 radical (unpaired) electrons. The smallest absolute Gasteiger partial charge is 0.194 e. The van der Waals surface area contributed by atoms with E-state index in [2.05, 4.69) is 44.5 Å². The monoisotopic (exact) mass is 376 g/mol. The summed E-state index contributed by atoms with van der Waals surface area (Å²) in [6.07, 6.45) is 3.54. The van der Waals surface area contributed by atoms with Crippen LogP contribution in [0.5, 0.6) is 0 Å². The van der Waals surface area contributed by atoms with Gasteiger partial charge in [0.05, 0.1) is 16.4 Å². The van der Waals surface area contributed by atoms with Crippen LogP contribution in [0.1, 0.15) is 30.2 Å². The first-order chi connectivity index (χ1) is 12.8. The van der Waals surface area contributed by atoms with Crippen LogP contribution in [-0.2, 0) is 19.4 Å². The average molecular weight is 377 g/mol. The number of hydrogen-bond acceptors (Lipinski definition) is 6. The number of nitrogens with one attached hydrogen (secondary N) is 1. The number of rotatable bonds is 7. The van der Waals surface area contributed by atoms with Crippen molar-refractivity contribution in [1.29, 1.82) is 0 Å². The number of hydrogen-bond donors (Lipinski definition) is 1. The van der Waals surface area contributed by atoms with E-state index < -0.39 is 0 Å². The van der Waals surface area contributed by atoms with E-state index in [0.717, 1.165) is 76.0 Å². The molecule has 0 unspecified atom stereocenters. The molecule has 1 N–H and O–H groups in total. The largest absolute Gasteiger partial charge is 0.364 e. The topological polar surface area (TPSA) is 69.8 Å². The minimum Gasteiger partial charge on any atom is -0.364 e. The molecule has 0 spiro atoms. The number of aryl methyl sites for hydroxylation is 1. The summed E-state index contributed by atoms with van der Waals surface area (Å²) in [5.74, 6) is 1.01. The van der Waals surface area contributed by atoms with E-state index in [1.807, 2.05) is 6.07 Å². The van der Waals surface area contributed by atoms with Gasteiger partial charge in [0.2, 0.25) is 0 Å². The van der Waals surface area contributed by atoms with E-state index in [1.165, 1.54) is 5.01 Å². The van der Waals surface area contributed by atoms with Crippen LogP contribution in [0.4, 0.5) is 0 Å². The van der Waals surface area contributed by atoms with Crippen molar-refractivity contribution in [3.05, 3.63) is 34.1 Å². The molecule has 0 saturated carbocycles. The Morgan fingerprint density at radius 1 is 1.27 bits per heavy atom. The van der Waals surface area contributed by atoms with E-state index in [9.17, 15) is 0 Å². The first kappa shape index (κ1) is 18.8. The van der Waals surface area contributed by atoms with Crippen LogP contribution in [-0.4, -0.2) is 65.2 Å². The Morgan fingerprint density at radius 2 is 2.12 bits per heavy atom. The quantitative estimate of drug-likeness (QED) is 0.589. The summed E-state index contributed by atoms with van der Waals surface area (Å²) in [5.41, 5.74) is 2.15. The number of guanidine groups is 1. The molecule has 0 amide bonds. The van der Waals surface area contributed by atoms with Gasteiger partial charge in [-0.2, -0.15) is 0 Å². The molecule has 0 atom stereocenters. The molecule has 0 aliphatic carbocycles. The third kappa shape index (κ3) is 5.28. The van der Waals surface area contributed by atoms with Crippen LogP contribution in [0, 0.1) is 0 Å². The molecule has 3 heterocycles. The molecule has 1 fully saturated rings. The molecule has 8 heteroatoms. The van der Waals surface area contributed by atoms with Crippen molar-refractivity contribution in [3.8, 4) is 0 Å². The van der Waals surface area contributed by atoms with Gasteiger partial charge in [-0.15, -0.1) is 11.3 Å². The van der Waals surface area contributed by atoms with Gasteiger partial charge >= 0.3 is 0 Å². The van der Waals surface area contributed by atoms with E-state index in [0.29, 0.717) is 0 Å². The molecule has 2 aromatic heterocycles. The summed E-state index contributed by atoms with van der Waals surface area (Å²) < 4.78 is 4.92. The Labute approximate surface area is 159 Å². The van der Waals surface area contributed by atoms with Crippen molar-refractivity contribution in [2.45, 2.75) is 33.2 Å². The SMILES string of the molecule is CCNC(=NCCc1csc(CC)n1)N1CCN(Cc2ccon2)CC1. The summed E-state index contributed by atoms with van der Waals surface area (Å²) in [7, 11) is 0. The first-order valence-electron chi connectivity index (χ1n) is 9.36. The zero-order valence-corrected chi connectivity index (χ0v) is 16.5. The zero-order valence-electron chi connectivity index (χ0n) is 15.6. The van der Waals surface area contributed by atoms with Crippen LogP contribution in [0.15, 0.2) is 27.2 Å². The van der Waals surface area contributed by atoms with Gasteiger partial charge in [0, 0.05) is 63.7 Å². The normalized spacial score (nSPS) is 16.2. The molecule has 26 heavy (non-hydrogen) atoms. The van der Waals surface area contributed by atoms with Crippen LogP contribution < -0.4 is 5.32 Å². The summed E-state index contributed by atoms with van der Waals surface area (Å²) in [6, 6.07) is 1.93. The van der Waals surface area contributed by atoms with E-state index >= 15 is 0 Å². The van der Waals surface area contributed by atoms with Gasteiger partial charge < -0.3 is 14.7 Å². The first-order valence-corrected chi connectivity index (χ1v) is 10.2. The fourth-order valence-corrected chi connectivity index (χ4v) is 3.77. The van der Waals surface area contributed by atoms with Gasteiger partial charge in [-0.05, 0) is 13.3 Å². The van der Waals surface area contributed by atoms with E-state index in [-0.39, 0.29) is 0 Å². The van der Waals surface area contributed by atoms with Gasteiger partial charge in [0.15, 0.2) is 5.96 Å². The molecule has 2 aromatic rings. The number of aromatic nitrogens is 2. The lowest BCUT2D eigenvalue weighted by molar-refractivity contribution is 0.169. The van der Waals surface area contributed by atoms with Crippen molar-refractivity contribution in [2.24, 2.45) is 4.99 Å². The lowest BCUT2D eigenvalue weighted by Crippen LogP contribution is -2.52. The number of aliphatic imine (C=N–C) groups is 1. The van der Waals surface area contributed by atoms with Crippen molar-refractivity contribution >= 4 is 17.3 Å². The predicted octanol–water partition coefficient (Wildman–Crippen LogP) is 2.02. The summed E-state index contributed by atoms with van der Waals surface area (Å²) >= 11 is 1.75. The Bertz CT molecular complexity index is 676. The molecule has 3 rings (SSSR count). The van der Waals surface area contributed by atoms with E-state index in [1.54, 1.807) is 17.6 Å². The fraction of sp³-hybridized carbons (Fsp3) is 0.611. The van der Waals surface area contributed by atoms with Gasteiger partial charge in [0.25, 0.3) is 0 Å². The fourth-order valence-electron chi connectivity index (χ4n) is 2.99. The lowest BCUT2D eigenvalue weighted by atomic mass is 10.3. The summed E-state index contributed by atoms with van der Waals surface area (Å²) in [5, 5.41) is 10.8. The molecule has 7 nitrogen and oxygen atoms in total. The highest BCUT2D eigenvalue weighted by Gasteiger charge is 2.20. The van der Waals surface area contributed by atoms with Gasteiger partial charge in [-0.3, -0.25) is 9.89 Å². The summed E-state index contributed by atoms with van der Waals surface area (Å²) in [4.78, 5) is 14.2. The second-order valence-corrected chi connectivity index (χ2v) is 7.27. The highest BCUT2D eigenvalue weighted by atomic mass is 32.1. The highest BCUT2D eigenvalue weighted by molar-refractivity contribution is 7.09. The maximum atomic E-state index is 4.92. The standard InChI is InChI=1S/C18H28N6OS/c1-3-17-21-16(14-26-17)5-7-20-18(19-4-2)24-10-8-23(9-11-24)13-15-6-12-25-22-15/h6,12,14H,3-5,7-11,13H2,1-2H3,(H,19,20). The molecular formula is C18H28N6OS. The average Bonchev–Trinajstić information content (AvgIpc) is 3.33. The van der Waals surface area contributed by atoms with Crippen molar-refractivity contribution in [1.82, 2.24) is 25.3 Å². The number of thiazole rings is 1. The Morgan fingerprint density at radius 3 is 2.77 bits per heavy atom. The van der Waals surface area contributed by atoms with Crippen molar-refractivity contribution in [2.75, 3.05) is 39.3 Å². The van der Waals surface area contributed by atoms with Crippen LogP contribution in [0.25, 0.3) is 0 Å². The molecule has 1 saturated heterocycles. The second-order valence-electron chi connectivity index (χ2n) is 6.33. The summed E-state index contributed by atoms with van der Waals surface area (Å²) in [6.45, 7) is 10.7. The highest BCUT2D eigenvalue weighted by Crippen LogP contribution is 2.11. The second kappa shape index (κ2) is 9.68. The van der Waals surface area contributed by atoms with Crippen molar-refractivity contribution in [3.63, 3.8) is 0 Å². The molecule has 142 valence electrons. The van der Waals surface area contributed by atoms with Crippen LogP contribution in [0.3, 0.4) is 0 Å². The van der Waals surface area contributed by atoms with Crippen LogP contribution in [0.2, 0.25) is 0 Å². The maximum Gasteiger partial charge on any atom is 0.194 e. The maximum absolute atomic E-state index is 4.92. The predicted molar refractivity (Wildman–Crippen MR) is 105 cm³/mol. The molecule has 1 aliphatic rings. The van der Waals surface area contributed by atoms with E-state index in [4.69, 9.17) is 9.52 Å². The lowest BCUT2D eigenvalue weighted by Gasteiger charge is -2.36. The molecule has 1 aliphatic heterocycles.